The van der Waals surface area contributed by atoms with Crippen molar-refractivity contribution in [3.8, 4) is 0 Å². The Bertz CT molecular complexity index is 170. The molecule has 1 nitrogen and oxygen atoms in total. The van der Waals surface area contributed by atoms with E-state index in [2.05, 4.69) is 0 Å². The molecule has 1 aliphatic carbocycles. The van der Waals surface area contributed by atoms with Crippen LogP contribution >= 0.6 is 23.2 Å². The van der Waals surface area contributed by atoms with Crippen LogP contribution in [0, 0.1) is 0 Å². The summed E-state index contributed by atoms with van der Waals surface area (Å²) in [4.78, 5) is 0. The molecule has 0 aromatic heterocycles. The number of alkyl halides is 2. The highest BCUT2D eigenvalue weighted by Gasteiger charge is 2.21. The summed E-state index contributed by atoms with van der Waals surface area (Å²) in [6.45, 7) is 0. The highest BCUT2D eigenvalue weighted by atomic mass is 35.5. The molecule has 0 radical (unpaired) electrons. The van der Waals surface area contributed by atoms with Gasteiger partial charge in [0.15, 0.2) is 0 Å². The van der Waals surface area contributed by atoms with Gasteiger partial charge in [0, 0.05) is 6.42 Å². The first-order valence-corrected chi connectivity index (χ1v) is 3.32. The van der Waals surface area contributed by atoms with Gasteiger partial charge in [-0.1, -0.05) is 29.3 Å². The van der Waals surface area contributed by atoms with Crippen molar-refractivity contribution in [2.45, 2.75) is 10.8 Å². The summed E-state index contributed by atoms with van der Waals surface area (Å²) < 4.78 is -0.904. The quantitative estimate of drug-likeness (QED) is 0.547. The van der Waals surface area contributed by atoms with Gasteiger partial charge in [-0.05, 0) is 12.2 Å². The summed E-state index contributed by atoms with van der Waals surface area (Å²) in [5.74, 6) is 0.131. The monoisotopic (exact) mass is 164 g/mol. The molecule has 0 aromatic rings. The zero-order valence-electron chi connectivity index (χ0n) is 4.64. The molecule has 0 fully saturated rings. The zero-order valence-corrected chi connectivity index (χ0v) is 6.15. The van der Waals surface area contributed by atoms with E-state index in [1.165, 1.54) is 6.08 Å². The minimum atomic E-state index is -0.904. The molecule has 0 saturated heterocycles. The minimum Gasteiger partial charge on any atom is -0.508 e. The van der Waals surface area contributed by atoms with Gasteiger partial charge in [0.05, 0.1) is 0 Å². The van der Waals surface area contributed by atoms with Gasteiger partial charge < -0.3 is 5.11 Å². The van der Waals surface area contributed by atoms with Gasteiger partial charge in [-0.15, -0.1) is 0 Å². The second kappa shape index (κ2) is 2.24. The maximum absolute atomic E-state index is 8.85. The standard InChI is InChI=1S/C6H6Cl2O/c7-6(8)3-1-2-5(9)4-6/h1-2,4,9H,3H2. The Morgan fingerprint density at radius 1 is 1.56 bits per heavy atom. The van der Waals surface area contributed by atoms with Gasteiger partial charge in [-0.25, -0.2) is 0 Å². The van der Waals surface area contributed by atoms with E-state index in [4.69, 9.17) is 28.3 Å². The first-order valence-electron chi connectivity index (χ1n) is 2.56. The second-order valence-electron chi connectivity index (χ2n) is 1.94. The van der Waals surface area contributed by atoms with Crippen LogP contribution in [0.3, 0.4) is 0 Å². The van der Waals surface area contributed by atoms with E-state index in [-0.39, 0.29) is 5.76 Å². The van der Waals surface area contributed by atoms with Crippen LogP contribution in [0.4, 0.5) is 0 Å². The lowest BCUT2D eigenvalue weighted by molar-refractivity contribution is 0.426. The predicted octanol–water partition coefficient (Wildman–Crippen LogP) is 2.56. The molecule has 9 heavy (non-hydrogen) atoms. The number of aliphatic hydroxyl groups is 1. The summed E-state index contributed by atoms with van der Waals surface area (Å²) in [6, 6.07) is 0. The van der Waals surface area contributed by atoms with E-state index in [0.29, 0.717) is 6.42 Å². The van der Waals surface area contributed by atoms with Gasteiger partial charge in [0.2, 0.25) is 0 Å². The Morgan fingerprint density at radius 3 is 2.56 bits per heavy atom. The molecule has 0 spiro atoms. The number of halogens is 2. The van der Waals surface area contributed by atoms with Crippen molar-refractivity contribution in [3.63, 3.8) is 0 Å². The molecular formula is C6H6Cl2O. The van der Waals surface area contributed by atoms with Crippen LogP contribution in [0.25, 0.3) is 0 Å². The van der Waals surface area contributed by atoms with Crippen molar-refractivity contribution in [2.75, 3.05) is 0 Å². The van der Waals surface area contributed by atoms with Gasteiger partial charge >= 0.3 is 0 Å². The van der Waals surface area contributed by atoms with E-state index in [1.54, 1.807) is 12.2 Å². The van der Waals surface area contributed by atoms with Crippen LogP contribution in [-0.4, -0.2) is 9.44 Å². The molecule has 0 unspecified atom stereocenters. The molecule has 50 valence electrons. The van der Waals surface area contributed by atoms with E-state index < -0.39 is 4.33 Å². The fraction of sp³-hybridized carbons (Fsp3) is 0.333. The van der Waals surface area contributed by atoms with Gasteiger partial charge in [0.1, 0.15) is 10.1 Å². The lowest BCUT2D eigenvalue weighted by atomic mass is 10.1. The number of hydrogen-bond donors (Lipinski definition) is 1. The fourth-order valence-electron chi connectivity index (χ4n) is 0.660. The van der Waals surface area contributed by atoms with Crippen LogP contribution in [0.1, 0.15) is 6.42 Å². The molecule has 0 bridgehead atoms. The smallest absolute Gasteiger partial charge is 0.143 e. The largest absolute Gasteiger partial charge is 0.508 e. The molecule has 1 aliphatic rings. The Balaban J connectivity index is 2.78. The molecule has 0 aromatic carbocycles. The van der Waals surface area contributed by atoms with Crippen LogP contribution in [0.15, 0.2) is 24.0 Å². The number of rotatable bonds is 0. The van der Waals surface area contributed by atoms with E-state index >= 15 is 0 Å². The minimum absolute atomic E-state index is 0.131. The van der Waals surface area contributed by atoms with Gasteiger partial charge in [-0.2, -0.15) is 0 Å². The van der Waals surface area contributed by atoms with Crippen LogP contribution in [0.5, 0.6) is 0 Å². The van der Waals surface area contributed by atoms with Crippen molar-refractivity contribution in [3.05, 3.63) is 24.0 Å². The Labute approximate surface area is 63.6 Å². The third-order valence-electron chi connectivity index (χ3n) is 1.04. The van der Waals surface area contributed by atoms with Crippen molar-refractivity contribution >= 4 is 23.2 Å². The summed E-state index contributed by atoms with van der Waals surface area (Å²) in [7, 11) is 0. The maximum atomic E-state index is 8.85. The Hall–Kier alpha value is -0.140. The van der Waals surface area contributed by atoms with E-state index in [1.807, 2.05) is 0 Å². The first kappa shape index (κ1) is 6.97. The third-order valence-corrected chi connectivity index (χ3v) is 1.56. The molecule has 0 atom stereocenters. The van der Waals surface area contributed by atoms with Crippen molar-refractivity contribution in [1.82, 2.24) is 0 Å². The SMILES string of the molecule is OC1=CC(Cl)(Cl)CC=C1. The fourth-order valence-corrected chi connectivity index (χ4v) is 1.06. The lowest BCUT2D eigenvalue weighted by Crippen LogP contribution is -2.10. The summed E-state index contributed by atoms with van der Waals surface area (Å²) >= 11 is 11.3. The Kier molecular flexibility index (Phi) is 1.73. The van der Waals surface area contributed by atoms with Crippen LogP contribution in [0.2, 0.25) is 0 Å². The molecule has 0 aliphatic heterocycles. The normalized spacial score (nSPS) is 23.6. The van der Waals surface area contributed by atoms with Gasteiger partial charge in [0.25, 0.3) is 0 Å². The topological polar surface area (TPSA) is 20.2 Å². The van der Waals surface area contributed by atoms with Crippen LogP contribution in [-0.2, 0) is 0 Å². The third kappa shape index (κ3) is 1.92. The van der Waals surface area contributed by atoms with E-state index in [9.17, 15) is 0 Å². The summed E-state index contributed by atoms with van der Waals surface area (Å²) in [6.07, 6.45) is 5.27. The molecule has 1 rings (SSSR count). The van der Waals surface area contributed by atoms with Crippen LogP contribution < -0.4 is 0 Å². The zero-order chi connectivity index (χ0) is 6.91. The lowest BCUT2D eigenvalue weighted by Gasteiger charge is -2.15. The average molecular weight is 165 g/mol. The molecule has 1 N–H and O–H groups in total. The van der Waals surface area contributed by atoms with Crippen molar-refractivity contribution < 1.29 is 5.11 Å². The molecule has 0 saturated carbocycles. The van der Waals surface area contributed by atoms with E-state index in [0.717, 1.165) is 0 Å². The Morgan fingerprint density at radius 2 is 2.22 bits per heavy atom. The summed E-state index contributed by atoms with van der Waals surface area (Å²) in [5, 5.41) is 8.85. The highest BCUT2D eigenvalue weighted by Crippen LogP contribution is 2.31. The van der Waals surface area contributed by atoms with Crippen molar-refractivity contribution in [1.29, 1.82) is 0 Å². The molecule has 3 heteroatoms. The maximum Gasteiger partial charge on any atom is 0.143 e. The number of hydrogen-bond acceptors (Lipinski definition) is 1. The molecular weight excluding hydrogens is 159 g/mol. The summed E-state index contributed by atoms with van der Waals surface area (Å²) in [5.41, 5.74) is 0. The predicted molar refractivity (Wildman–Crippen MR) is 38.9 cm³/mol. The molecule has 0 amide bonds. The average Bonchev–Trinajstić information content (AvgIpc) is 1.60. The highest BCUT2D eigenvalue weighted by molar-refractivity contribution is 6.50. The number of aliphatic hydroxyl groups excluding tert-OH is 1. The van der Waals surface area contributed by atoms with Crippen molar-refractivity contribution in [2.24, 2.45) is 0 Å². The second-order valence-corrected chi connectivity index (χ2v) is 3.48. The number of allylic oxidation sites excluding steroid dienone is 3. The van der Waals surface area contributed by atoms with Gasteiger partial charge in [-0.3, -0.25) is 0 Å². The first-order chi connectivity index (χ1) is 4.10. The molecule has 0 heterocycles.